The molecular weight excluding hydrogens is 397 g/mol. The lowest BCUT2D eigenvalue weighted by atomic mass is 9.86. The van der Waals surface area contributed by atoms with E-state index < -0.39 is 17.7 Å². The summed E-state index contributed by atoms with van der Waals surface area (Å²) in [5.41, 5.74) is 1.80. The van der Waals surface area contributed by atoms with Crippen LogP contribution in [0.25, 0.3) is 0 Å². The van der Waals surface area contributed by atoms with Crippen molar-refractivity contribution >= 4 is 11.8 Å². The summed E-state index contributed by atoms with van der Waals surface area (Å²) in [6, 6.07) is 3.85. The molecule has 2 aliphatic rings. The second-order valence-electron chi connectivity index (χ2n) is 8.78. The zero-order chi connectivity index (χ0) is 21.8. The smallest absolute Gasteiger partial charge is 0.305 e. The van der Waals surface area contributed by atoms with Crippen molar-refractivity contribution in [3.05, 3.63) is 47.2 Å². The summed E-state index contributed by atoms with van der Waals surface area (Å²) in [7, 11) is 0. The molecule has 0 aliphatic carbocycles. The van der Waals surface area contributed by atoms with Gasteiger partial charge in [0.1, 0.15) is 17.3 Å². The number of aromatic nitrogens is 3. The van der Waals surface area contributed by atoms with Crippen molar-refractivity contribution in [3.63, 3.8) is 0 Å². The Balaban J connectivity index is 1.26. The first-order valence-corrected chi connectivity index (χ1v) is 11.1. The molecular formula is C23H30FN5O2. The van der Waals surface area contributed by atoms with Crippen LogP contribution in [0.1, 0.15) is 60.8 Å². The van der Waals surface area contributed by atoms with E-state index in [-0.39, 0.29) is 19.5 Å². The second-order valence-corrected chi connectivity index (χ2v) is 8.78. The highest BCUT2D eigenvalue weighted by molar-refractivity contribution is 5.68. The Morgan fingerprint density at radius 3 is 2.81 bits per heavy atom. The molecule has 0 amide bonds. The topological polar surface area (TPSA) is 91.2 Å². The highest BCUT2D eigenvalue weighted by Gasteiger charge is 2.46. The maximum atomic E-state index is 15.1. The van der Waals surface area contributed by atoms with Crippen LogP contribution in [-0.4, -0.2) is 56.2 Å². The van der Waals surface area contributed by atoms with Crippen LogP contribution in [0, 0.1) is 6.92 Å². The minimum absolute atomic E-state index is 0.0828. The first-order valence-electron chi connectivity index (χ1n) is 11.1. The van der Waals surface area contributed by atoms with Crippen LogP contribution in [0.5, 0.6) is 0 Å². The van der Waals surface area contributed by atoms with Gasteiger partial charge in [0.2, 0.25) is 0 Å². The lowest BCUT2D eigenvalue weighted by molar-refractivity contribution is -0.141. The molecule has 7 nitrogen and oxygen atoms in total. The van der Waals surface area contributed by atoms with Gasteiger partial charge in [0.15, 0.2) is 0 Å². The van der Waals surface area contributed by atoms with Crippen molar-refractivity contribution in [3.8, 4) is 0 Å². The molecule has 2 aromatic rings. The molecule has 2 aromatic heterocycles. The third kappa shape index (κ3) is 5.36. The molecule has 166 valence electrons. The SMILES string of the molecule is Cc1ncc(C(CC(=O)O)N2CC(F)(CCCCc3ccc4c(n3)NCCC4)C2)cn1. The molecule has 1 fully saturated rings. The summed E-state index contributed by atoms with van der Waals surface area (Å²) >= 11 is 0. The van der Waals surface area contributed by atoms with Crippen LogP contribution < -0.4 is 5.32 Å². The van der Waals surface area contributed by atoms with Gasteiger partial charge in [-0.3, -0.25) is 9.69 Å². The second kappa shape index (κ2) is 9.26. The van der Waals surface area contributed by atoms with Gasteiger partial charge in [0.25, 0.3) is 0 Å². The first-order chi connectivity index (χ1) is 14.9. The van der Waals surface area contributed by atoms with Crippen LogP contribution in [0.15, 0.2) is 24.5 Å². The Morgan fingerprint density at radius 2 is 2.06 bits per heavy atom. The van der Waals surface area contributed by atoms with Crippen LogP contribution in [0.4, 0.5) is 10.2 Å². The molecule has 2 N–H and O–H groups in total. The number of likely N-dealkylation sites (tertiary alicyclic amines) is 1. The maximum absolute atomic E-state index is 15.1. The molecule has 1 unspecified atom stereocenters. The largest absolute Gasteiger partial charge is 0.481 e. The fraction of sp³-hybridized carbons (Fsp3) is 0.565. The lowest BCUT2D eigenvalue weighted by Crippen LogP contribution is -2.60. The van der Waals surface area contributed by atoms with Crippen molar-refractivity contribution in [2.75, 3.05) is 25.0 Å². The Labute approximate surface area is 182 Å². The Kier molecular flexibility index (Phi) is 6.46. The lowest BCUT2D eigenvalue weighted by Gasteiger charge is -2.48. The van der Waals surface area contributed by atoms with E-state index in [1.54, 1.807) is 19.3 Å². The van der Waals surface area contributed by atoms with Gasteiger partial charge >= 0.3 is 5.97 Å². The number of halogens is 1. The maximum Gasteiger partial charge on any atom is 0.305 e. The molecule has 1 atom stereocenters. The zero-order valence-corrected chi connectivity index (χ0v) is 18.0. The number of aryl methyl sites for hydroxylation is 3. The molecule has 4 rings (SSSR count). The van der Waals surface area contributed by atoms with Gasteiger partial charge in [-0.1, -0.05) is 6.07 Å². The molecule has 4 heterocycles. The minimum atomic E-state index is -1.26. The van der Waals surface area contributed by atoms with Gasteiger partial charge in [-0.15, -0.1) is 0 Å². The van der Waals surface area contributed by atoms with Crippen molar-refractivity contribution in [1.29, 1.82) is 0 Å². The fourth-order valence-corrected chi connectivity index (χ4v) is 4.51. The molecule has 0 bridgehead atoms. The van der Waals surface area contributed by atoms with E-state index in [0.29, 0.717) is 12.2 Å². The number of nitrogens with one attached hydrogen (secondary N) is 1. The van der Waals surface area contributed by atoms with Crippen molar-refractivity contribution in [2.24, 2.45) is 0 Å². The molecule has 0 radical (unpaired) electrons. The van der Waals surface area contributed by atoms with E-state index in [9.17, 15) is 9.90 Å². The predicted molar refractivity (Wildman–Crippen MR) is 116 cm³/mol. The summed E-state index contributed by atoms with van der Waals surface area (Å²) in [4.78, 5) is 26.2. The Hall–Kier alpha value is -2.61. The van der Waals surface area contributed by atoms with E-state index in [1.165, 1.54) is 5.56 Å². The van der Waals surface area contributed by atoms with E-state index in [1.807, 2.05) is 4.90 Å². The van der Waals surface area contributed by atoms with Gasteiger partial charge in [-0.05, 0) is 57.1 Å². The molecule has 31 heavy (non-hydrogen) atoms. The van der Waals surface area contributed by atoms with E-state index in [2.05, 4.69) is 27.4 Å². The third-order valence-corrected chi connectivity index (χ3v) is 6.23. The standard InChI is InChI=1S/C23H30FN5O2/c1-16-26-12-18(13-27-16)20(11-21(30)31)29-14-23(24,15-29)9-3-2-6-19-8-7-17-5-4-10-25-22(17)28-19/h7-8,12-13,20H,2-6,9-11,14-15H2,1H3,(H,25,28)(H,30,31). The predicted octanol–water partition coefficient (Wildman–Crippen LogP) is 3.49. The number of carboxylic acids is 1. The van der Waals surface area contributed by atoms with E-state index in [0.717, 1.165) is 55.7 Å². The average molecular weight is 428 g/mol. The van der Waals surface area contributed by atoms with Crippen LogP contribution in [0.2, 0.25) is 0 Å². The molecule has 1 saturated heterocycles. The number of hydrogen-bond acceptors (Lipinski definition) is 6. The molecule has 0 aromatic carbocycles. The van der Waals surface area contributed by atoms with E-state index >= 15 is 4.39 Å². The van der Waals surface area contributed by atoms with Crippen LogP contribution in [-0.2, 0) is 17.6 Å². The third-order valence-electron chi connectivity index (χ3n) is 6.23. The van der Waals surface area contributed by atoms with Gasteiger partial charge in [0.05, 0.1) is 6.42 Å². The minimum Gasteiger partial charge on any atom is -0.481 e. The number of pyridine rings is 1. The van der Waals surface area contributed by atoms with Crippen molar-refractivity contribution < 1.29 is 14.3 Å². The summed E-state index contributed by atoms with van der Waals surface area (Å²) < 4.78 is 15.1. The molecule has 2 aliphatic heterocycles. The number of alkyl halides is 1. The normalized spacial score (nSPS) is 18.5. The van der Waals surface area contributed by atoms with Gasteiger partial charge in [-0.25, -0.2) is 19.3 Å². The molecule has 0 saturated carbocycles. The number of anilines is 1. The Bertz CT molecular complexity index is 915. The number of hydrogen-bond donors (Lipinski definition) is 2. The van der Waals surface area contributed by atoms with Gasteiger partial charge in [-0.2, -0.15) is 0 Å². The number of nitrogens with zero attached hydrogens (tertiary/aromatic N) is 4. The number of carbonyl (C=O) groups is 1. The monoisotopic (exact) mass is 427 g/mol. The van der Waals surface area contributed by atoms with E-state index in [4.69, 9.17) is 4.98 Å². The summed E-state index contributed by atoms with van der Waals surface area (Å²) in [6.45, 7) is 3.25. The average Bonchev–Trinajstić information content (AvgIpc) is 2.74. The summed E-state index contributed by atoms with van der Waals surface area (Å²) in [6.07, 6.45) is 8.44. The summed E-state index contributed by atoms with van der Waals surface area (Å²) in [5, 5.41) is 12.6. The van der Waals surface area contributed by atoms with Gasteiger partial charge in [0, 0.05) is 49.3 Å². The summed E-state index contributed by atoms with van der Waals surface area (Å²) in [5.74, 6) is 0.726. The first kappa shape index (κ1) is 21.6. The number of rotatable bonds is 9. The highest BCUT2D eigenvalue weighted by atomic mass is 19.1. The Morgan fingerprint density at radius 1 is 1.29 bits per heavy atom. The quantitative estimate of drug-likeness (QED) is 0.592. The van der Waals surface area contributed by atoms with Gasteiger partial charge < -0.3 is 10.4 Å². The number of carboxylic acid groups (broad SMARTS) is 1. The fourth-order valence-electron chi connectivity index (χ4n) is 4.51. The molecule has 0 spiro atoms. The number of aliphatic carboxylic acids is 1. The number of unbranched alkanes of at least 4 members (excludes halogenated alkanes) is 1. The van der Waals surface area contributed by atoms with Crippen molar-refractivity contribution in [1.82, 2.24) is 19.9 Å². The number of fused-ring (bicyclic) bond motifs is 1. The van der Waals surface area contributed by atoms with Crippen LogP contribution >= 0.6 is 0 Å². The molecule has 8 heteroatoms. The van der Waals surface area contributed by atoms with Crippen molar-refractivity contribution in [2.45, 2.75) is 63.6 Å². The zero-order valence-electron chi connectivity index (χ0n) is 18.0. The van der Waals surface area contributed by atoms with Crippen LogP contribution in [0.3, 0.4) is 0 Å². The highest BCUT2D eigenvalue weighted by Crippen LogP contribution is 2.38.